The summed E-state index contributed by atoms with van der Waals surface area (Å²) in [5.41, 5.74) is 5.58. The van der Waals surface area contributed by atoms with E-state index in [1.807, 2.05) is 0 Å². The van der Waals surface area contributed by atoms with Gasteiger partial charge in [-0.3, -0.25) is 19.7 Å². The second-order valence-electron chi connectivity index (χ2n) is 5.29. The van der Waals surface area contributed by atoms with Crippen molar-refractivity contribution in [2.45, 2.75) is 38.1 Å². The molecular weight excluding hydrogens is 320 g/mol. The third kappa shape index (κ3) is 5.26. The number of non-ortho nitro benzene ring substituents is 1. The second kappa shape index (κ2) is 8.34. The average molecular weight is 340 g/mol. The van der Waals surface area contributed by atoms with Crippen LogP contribution in [0.15, 0.2) is 24.3 Å². The molecule has 0 heterocycles. The Balaban J connectivity index is 2.80. The van der Waals surface area contributed by atoms with Gasteiger partial charge in [-0.15, -0.1) is 0 Å². The van der Waals surface area contributed by atoms with Crippen molar-refractivity contribution in [3.63, 3.8) is 0 Å². The minimum Gasteiger partial charge on any atom is -0.391 e. The van der Waals surface area contributed by atoms with E-state index in [0.717, 1.165) is 0 Å². The van der Waals surface area contributed by atoms with Gasteiger partial charge in [-0.25, -0.2) is 0 Å². The first-order chi connectivity index (χ1) is 11.1. The summed E-state index contributed by atoms with van der Waals surface area (Å²) in [7, 11) is 0. The Morgan fingerprint density at radius 1 is 1.12 bits per heavy atom. The molecule has 4 atom stereocenters. The van der Waals surface area contributed by atoms with Gasteiger partial charge in [0, 0.05) is 17.8 Å². The van der Waals surface area contributed by atoms with E-state index in [2.05, 4.69) is 10.6 Å². The number of carbonyl (C=O) groups excluding carboxylic acids is 2. The van der Waals surface area contributed by atoms with Crippen LogP contribution in [0.5, 0.6) is 0 Å². The van der Waals surface area contributed by atoms with Crippen LogP contribution in [0.25, 0.3) is 0 Å². The number of benzene rings is 1. The highest BCUT2D eigenvalue weighted by atomic mass is 16.6. The molecular formula is C14H20N4O6. The summed E-state index contributed by atoms with van der Waals surface area (Å²) in [4.78, 5) is 34.0. The predicted octanol–water partition coefficient (Wildman–Crippen LogP) is -0.893. The molecule has 0 spiro atoms. The molecule has 1 aromatic carbocycles. The third-order valence-corrected chi connectivity index (χ3v) is 3.23. The Bertz CT molecular complexity index is 602. The van der Waals surface area contributed by atoms with Crippen LogP contribution in [0.1, 0.15) is 13.8 Å². The zero-order chi connectivity index (χ0) is 18.4. The second-order valence-corrected chi connectivity index (χ2v) is 5.29. The number of aliphatic hydroxyl groups is 2. The number of carbonyl (C=O) groups is 2. The van der Waals surface area contributed by atoms with Crippen molar-refractivity contribution < 1.29 is 24.7 Å². The number of rotatable bonds is 7. The molecule has 0 aliphatic heterocycles. The lowest BCUT2D eigenvalue weighted by molar-refractivity contribution is -0.384. The maximum atomic E-state index is 12.2. The number of anilines is 1. The molecule has 132 valence electrons. The quantitative estimate of drug-likeness (QED) is 0.317. The van der Waals surface area contributed by atoms with Crippen LogP contribution in [0.3, 0.4) is 0 Å². The van der Waals surface area contributed by atoms with E-state index in [-0.39, 0.29) is 11.4 Å². The Hall–Kier alpha value is -2.56. The molecule has 1 rings (SSSR count). The van der Waals surface area contributed by atoms with E-state index in [1.165, 1.54) is 38.1 Å². The molecule has 0 aromatic heterocycles. The number of aliphatic hydroxyl groups excluding tert-OH is 2. The molecule has 10 nitrogen and oxygen atoms in total. The van der Waals surface area contributed by atoms with Crippen LogP contribution < -0.4 is 16.4 Å². The fourth-order valence-electron chi connectivity index (χ4n) is 1.76. The standard InChI is InChI=1S/C14H20N4O6/c1-7(19)11(15)13(21)17-12(8(2)20)14(22)16-9-3-5-10(6-4-9)18(23)24/h3-8,11-12,19-20H,15H2,1-2H3,(H,16,22)(H,17,21)/t7-,8+,11-,12-/m0/s1. The fraction of sp³-hybridized carbons (Fsp3) is 0.429. The van der Waals surface area contributed by atoms with Gasteiger partial charge in [0.25, 0.3) is 5.69 Å². The van der Waals surface area contributed by atoms with Crippen LogP contribution in [0.4, 0.5) is 11.4 Å². The van der Waals surface area contributed by atoms with Crippen molar-refractivity contribution in [2.24, 2.45) is 5.73 Å². The molecule has 2 amide bonds. The van der Waals surface area contributed by atoms with Gasteiger partial charge < -0.3 is 26.6 Å². The first kappa shape index (κ1) is 19.5. The first-order valence-electron chi connectivity index (χ1n) is 7.11. The molecule has 0 bridgehead atoms. The maximum absolute atomic E-state index is 12.2. The Morgan fingerprint density at radius 3 is 2.08 bits per heavy atom. The zero-order valence-electron chi connectivity index (χ0n) is 13.2. The topological polar surface area (TPSA) is 168 Å². The number of nitrogens with one attached hydrogen (secondary N) is 2. The third-order valence-electron chi connectivity index (χ3n) is 3.23. The van der Waals surface area contributed by atoms with Crippen molar-refractivity contribution in [1.82, 2.24) is 5.32 Å². The number of hydrogen-bond acceptors (Lipinski definition) is 7. The monoisotopic (exact) mass is 340 g/mol. The molecule has 0 fully saturated rings. The molecule has 0 aliphatic carbocycles. The average Bonchev–Trinajstić information content (AvgIpc) is 2.51. The number of nitro groups is 1. The van der Waals surface area contributed by atoms with Crippen LogP contribution in [-0.2, 0) is 9.59 Å². The minimum atomic E-state index is -1.31. The lowest BCUT2D eigenvalue weighted by Gasteiger charge is -2.23. The molecule has 0 radical (unpaired) electrons. The zero-order valence-corrected chi connectivity index (χ0v) is 13.2. The molecule has 0 saturated heterocycles. The highest BCUT2D eigenvalue weighted by molar-refractivity contribution is 5.98. The Labute approximate surface area is 137 Å². The van der Waals surface area contributed by atoms with Crippen molar-refractivity contribution in [3.8, 4) is 0 Å². The summed E-state index contributed by atoms with van der Waals surface area (Å²) >= 11 is 0. The summed E-state index contributed by atoms with van der Waals surface area (Å²) in [5, 5.41) is 34.2. The fourth-order valence-corrected chi connectivity index (χ4v) is 1.76. The normalized spacial score (nSPS) is 15.7. The van der Waals surface area contributed by atoms with E-state index < -0.39 is 41.0 Å². The number of nitrogens with zero attached hydrogens (tertiary/aromatic N) is 1. The van der Waals surface area contributed by atoms with E-state index in [4.69, 9.17) is 5.73 Å². The highest BCUT2D eigenvalue weighted by Crippen LogP contribution is 2.15. The van der Waals surface area contributed by atoms with E-state index in [0.29, 0.717) is 0 Å². The maximum Gasteiger partial charge on any atom is 0.269 e. The number of nitrogens with two attached hydrogens (primary N) is 1. The van der Waals surface area contributed by atoms with Crippen molar-refractivity contribution >= 4 is 23.2 Å². The van der Waals surface area contributed by atoms with Gasteiger partial charge in [-0.05, 0) is 26.0 Å². The van der Waals surface area contributed by atoms with Crippen LogP contribution in [-0.4, -0.2) is 51.2 Å². The molecule has 1 aromatic rings. The van der Waals surface area contributed by atoms with E-state index >= 15 is 0 Å². The summed E-state index contributed by atoms with van der Waals surface area (Å²) in [5.74, 6) is -1.53. The molecule has 0 saturated carbocycles. The van der Waals surface area contributed by atoms with Crippen LogP contribution in [0, 0.1) is 10.1 Å². The van der Waals surface area contributed by atoms with Gasteiger partial charge in [0.15, 0.2) is 0 Å². The van der Waals surface area contributed by atoms with Gasteiger partial charge in [0.05, 0.1) is 17.1 Å². The molecule has 10 heteroatoms. The van der Waals surface area contributed by atoms with Crippen LogP contribution >= 0.6 is 0 Å². The van der Waals surface area contributed by atoms with E-state index in [9.17, 15) is 29.9 Å². The summed E-state index contributed by atoms with van der Waals surface area (Å²) in [6.07, 6.45) is -2.36. The van der Waals surface area contributed by atoms with Gasteiger partial charge in [-0.2, -0.15) is 0 Å². The number of nitro benzene ring substituents is 1. The van der Waals surface area contributed by atoms with Crippen molar-refractivity contribution in [1.29, 1.82) is 0 Å². The first-order valence-corrected chi connectivity index (χ1v) is 7.11. The minimum absolute atomic E-state index is 0.142. The largest absolute Gasteiger partial charge is 0.391 e. The van der Waals surface area contributed by atoms with E-state index in [1.54, 1.807) is 0 Å². The van der Waals surface area contributed by atoms with Crippen molar-refractivity contribution in [3.05, 3.63) is 34.4 Å². The summed E-state index contributed by atoms with van der Waals surface area (Å²) in [6.45, 7) is 2.62. The van der Waals surface area contributed by atoms with Gasteiger partial charge in [-0.1, -0.05) is 0 Å². The number of hydrogen-bond donors (Lipinski definition) is 5. The highest BCUT2D eigenvalue weighted by Gasteiger charge is 2.29. The SMILES string of the molecule is C[C@H](O)[C@H](N)C(=O)N[C@H](C(=O)Nc1ccc([N+](=O)[O-])cc1)[C@@H](C)O. The molecule has 0 unspecified atom stereocenters. The molecule has 0 aliphatic rings. The van der Waals surface area contributed by atoms with Gasteiger partial charge in [0.1, 0.15) is 12.1 Å². The lowest BCUT2D eigenvalue weighted by Crippen LogP contribution is -2.56. The predicted molar refractivity (Wildman–Crippen MR) is 85.0 cm³/mol. The smallest absolute Gasteiger partial charge is 0.269 e. The molecule has 24 heavy (non-hydrogen) atoms. The summed E-state index contributed by atoms with van der Waals surface area (Å²) < 4.78 is 0. The molecule has 6 N–H and O–H groups in total. The van der Waals surface area contributed by atoms with Gasteiger partial charge in [0.2, 0.25) is 11.8 Å². The van der Waals surface area contributed by atoms with Gasteiger partial charge >= 0.3 is 0 Å². The van der Waals surface area contributed by atoms with Crippen LogP contribution in [0.2, 0.25) is 0 Å². The number of amides is 2. The Kier molecular flexibility index (Phi) is 6.77. The summed E-state index contributed by atoms with van der Waals surface area (Å²) in [6, 6.07) is 2.48. The lowest BCUT2D eigenvalue weighted by atomic mass is 10.1. The van der Waals surface area contributed by atoms with Crippen molar-refractivity contribution in [2.75, 3.05) is 5.32 Å². The Morgan fingerprint density at radius 2 is 1.67 bits per heavy atom.